The van der Waals surface area contributed by atoms with Gasteiger partial charge in [-0.15, -0.1) is 0 Å². The van der Waals surface area contributed by atoms with E-state index >= 15 is 0 Å². The molecule has 0 radical (unpaired) electrons. The molecular formula is C27H38O3. The first-order valence-corrected chi connectivity index (χ1v) is 11.8. The summed E-state index contributed by atoms with van der Waals surface area (Å²) in [5.74, 6) is 3.02. The number of hydrogen-bond acceptors (Lipinski definition) is 3. The fourth-order valence-electron chi connectivity index (χ4n) is 4.19. The molecule has 2 aromatic carbocycles. The van der Waals surface area contributed by atoms with Crippen LogP contribution in [0.5, 0.6) is 11.5 Å². The molecule has 3 rings (SSSR count). The zero-order chi connectivity index (χ0) is 21.0. The first kappa shape index (κ1) is 22.7. The summed E-state index contributed by atoms with van der Waals surface area (Å²) >= 11 is 0. The third-order valence-electron chi connectivity index (χ3n) is 6.19. The molecular weight excluding hydrogens is 372 g/mol. The molecule has 0 spiro atoms. The van der Waals surface area contributed by atoms with E-state index in [-0.39, 0.29) is 0 Å². The van der Waals surface area contributed by atoms with Gasteiger partial charge in [-0.25, -0.2) is 0 Å². The Balaban J connectivity index is 1.32. The van der Waals surface area contributed by atoms with Crippen LogP contribution in [0.1, 0.15) is 81.8 Å². The van der Waals surface area contributed by atoms with Crippen LogP contribution in [0, 0.1) is 12.8 Å². The van der Waals surface area contributed by atoms with Gasteiger partial charge in [0.05, 0.1) is 13.2 Å². The van der Waals surface area contributed by atoms with E-state index < -0.39 is 0 Å². The van der Waals surface area contributed by atoms with Crippen LogP contribution in [-0.4, -0.2) is 13.2 Å². The van der Waals surface area contributed by atoms with Crippen LogP contribution in [0.3, 0.4) is 0 Å². The Morgan fingerprint density at radius 2 is 1.43 bits per heavy atom. The van der Waals surface area contributed by atoms with Crippen molar-refractivity contribution in [2.45, 2.75) is 77.6 Å². The van der Waals surface area contributed by atoms with Gasteiger partial charge in [-0.3, -0.25) is 0 Å². The van der Waals surface area contributed by atoms with Crippen molar-refractivity contribution in [2.24, 2.45) is 5.92 Å². The fourth-order valence-corrected chi connectivity index (χ4v) is 4.19. The maximum Gasteiger partial charge on any atom is 0.165 e. The van der Waals surface area contributed by atoms with Crippen molar-refractivity contribution >= 4 is 0 Å². The fraction of sp³-hybridized carbons (Fsp3) is 0.556. The Morgan fingerprint density at radius 1 is 0.767 bits per heavy atom. The number of unbranched alkanes of at least 4 members (excludes halogenated alkanes) is 4. The topological polar surface area (TPSA) is 27.7 Å². The Kier molecular flexibility index (Phi) is 9.56. The van der Waals surface area contributed by atoms with Crippen molar-refractivity contribution < 1.29 is 14.5 Å². The van der Waals surface area contributed by atoms with E-state index in [1.165, 1.54) is 62.5 Å². The molecule has 1 fully saturated rings. The maximum absolute atomic E-state index is 5.90. The van der Waals surface area contributed by atoms with Gasteiger partial charge in [0.25, 0.3) is 0 Å². The summed E-state index contributed by atoms with van der Waals surface area (Å²) in [5.41, 5.74) is 2.67. The lowest BCUT2D eigenvalue weighted by molar-refractivity contribution is -0.218. The molecule has 0 saturated heterocycles. The molecule has 0 N–H and O–H groups in total. The van der Waals surface area contributed by atoms with Crippen LogP contribution >= 0.6 is 0 Å². The van der Waals surface area contributed by atoms with Crippen molar-refractivity contribution in [3.05, 3.63) is 59.7 Å². The lowest BCUT2D eigenvalue weighted by atomic mass is 9.79. The van der Waals surface area contributed by atoms with Gasteiger partial charge in [-0.2, -0.15) is 4.89 Å². The van der Waals surface area contributed by atoms with E-state index in [4.69, 9.17) is 14.5 Å². The molecule has 30 heavy (non-hydrogen) atoms. The summed E-state index contributed by atoms with van der Waals surface area (Å²) in [6, 6.07) is 16.8. The standard InChI is InChI=1S/C27H38O3/c1-3-4-5-6-7-20-28-26-18-14-25(15-19-26)24-12-10-23(11-13-24)21-29-30-27-16-8-22(2)9-17-27/h8-9,14-19,23-24H,3-7,10-13,20-21H2,1-2H3. The quantitative estimate of drug-likeness (QED) is 0.204. The van der Waals surface area contributed by atoms with Gasteiger partial charge in [0, 0.05) is 0 Å². The van der Waals surface area contributed by atoms with Crippen molar-refractivity contribution in [3.8, 4) is 11.5 Å². The molecule has 0 aromatic heterocycles. The second-order valence-corrected chi connectivity index (χ2v) is 8.73. The smallest absolute Gasteiger partial charge is 0.165 e. The van der Waals surface area contributed by atoms with Crippen molar-refractivity contribution in [1.29, 1.82) is 0 Å². The van der Waals surface area contributed by atoms with E-state index in [2.05, 4.69) is 38.1 Å². The van der Waals surface area contributed by atoms with E-state index in [0.29, 0.717) is 18.4 Å². The van der Waals surface area contributed by atoms with E-state index in [0.717, 1.165) is 24.5 Å². The molecule has 1 aliphatic carbocycles. The Morgan fingerprint density at radius 3 is 2.13 bits per heavy atom. The van der Waals surface area contributed by atoms with Gasteiger partial charge in [0.1, 0.15) is 5.75 Å². The molecule has 1 aliphatic rings. The highest BCUT2D eigenvalue weighted by molar-refractivity contribution is 5.29. The van der Waals surface area contributed by atoms with Crippen molar-refractivity contribution in [1.82, 2.24) is 0 Å². The Bertz CT molecular complexity index is 700. The van der Waals surface area contributed by atoms with E-state index in [9.17, 15) is 0 Å². The van der Waals surface area contributed by atoms with Gasteiger partial charge < -0.3 is 9.62 Å². The van der Waals surface area contributed by atoms with Crippen LogP contribution in [0.2, 0.25) is 0 Å². The molecule has 164 valence electrons. The molecule has 0 heterocycles. The van der Waals surface area contributed by atoms with Crippen LogP contribution in [0.25, 0.3) is 0 Å². The number of hydrogen-bond donors (Lipinski definition) is 0. The maximum atomic E-state index is 5.90. The first-order valence-electron chi connectivity index (χ1n) is 11.8. The number of ether oxygens (including phenoxy) is 1. The third kappa shape index (κ3) is 7.68. The summed E-state index contributed by atoms with van der Waals surface area (Å²) in [5, 5.41) is 0. The average Bonchev–Trinajstić information content (AvgIpc) is 2.78. The molecule has 2 aromatic rings. The summed E-state index contributed by atoms with van der Waals surface area (Å²) in [4.78, 5) is 10.9. The van der Waals surface area contributed by atoms with Crippen LogP contribution < -0.4 is 9.62 Å². The Labute approximate surface area is 182 Å². The molecule has 0 atom stereocenters. The minimum Gasteiger partial charge on any atom is -0.494 e. The zero-order valence-electron chi connectivity index (χ0n) is 18.8. The second kappa shape index (κ2) is 12.6. The number of aryl methyl sites for hydroxylation is 1. The van der Waals surface area contributed by atoms with E-state index in [1.807, 2.05) is 24.3 Å². The summed E-state index contributed by atoms with van der Waals surface area (Å²) in [6.07, 6.45) is 11.2. The minimum absolute atomic E-state index is 0.585. The van der Waals surface area contributed by atoms with Gasteiger partial charge in [0.15, 0.2) is 5.75 Å². The third-order valence-corrected chi connectivity index (χ3v) is 6.19. The summed E-state index contributed by atoms with van der Waals surface area (Å²) < 4.78 is 5.90. The monoisotopic (exact) mass is 410 g/mol. The normalized spacial score (nSPS) is 18.9. The van der Waals surface area contributed by atoms with Gasteiger partial charge >= 0.3 is 0 Å². The van der Waals surface area contributed by atoms with Gasteiger partial charge in [-0.05, 0) is 80.7 Å². The summed E-state index contributed by atoms with van der Waals surface area (Å²) in [6.45, 7) is 5.82. The first-order chi connectivity index (χ1) is 14.7. The highest BCUT2D eigenvalue weighted by Crippen LogP contribution is 2.36. The van der Waals surface area contributed by atoms with Gasteiger partial charge in [0.2, 0.25) is 0 Å². The predicted molar refractivity (Wildman–Crippen MR) is 123 cm³/mol. The molecule has 1 saturated carbocycles. The molecule has 0 amide bonds. The van der Waals surface area contributed by atoms with Gasteiger partial charge in [-0.1, -0.05) is 62.4 Å². The SMILES string of the molecule is CCCCCCCOc1ccc(C2CCC(COOc3ccc(C)cc3)CC2)cc1. The average molecular weight is 411 g/mol. The van der Waals surface area contributed by atoms with Crippen LogP contribution in [0.4, 0.5) is 0 Å². The van der Waals surface area contributed by atoms with Crippen LogP contribution in [0.15, 0.2) is 48.5 Å². The molecule has 0 unspecified atom stereocenters. The lowest BCUT2D eigenvalue weighted by Gasteiger charge is -2.28. The molecule has 3 heteroatoms. The minimum atomic E-state index is 0.585. The number of rotatable bonds is 12. The van der Waals surface area contributed by atoms with Crippen LogP contribution in [-0.2, 0) is 4.89 Å². The van der Waals surface area contributed by atoms with Crippen molar-refractivity contribution in [3.63, 3.8) is 0 Å². The highest BCUT2D eigenvalue weighted by Gasteiger charge is 2.23. The zero-order valence-corrected chi connectivity index (χ0v) is 18.8. The second-order valence-electron chi connectivity index (χ2n) is 8.73. The van der Waals surface area contributed by atoms with Crippen molar-refractivity contribution in [2.75, 3.05) is 13.2 Å². The molecule has 0 bridgehead atoms. The lowest BCUT2D eigenvalue weighted by Crippen LogP contribution is -2.18. The number of benzene rings is 2. The molecule has 3 nitrogen and oxygen atoms in total. The largest absolute Gasteiger partial charge is 0.494 e. The summed E-state index contributed by atoms with van der Waals surface area (Å²) in [7, 11) is 0. The van der Waals surface area contributed by atoms with E-state index in [1.54, 1.807) is 0 Å². The Hall–Kier alpha value is -2.00. The molecule has 0 aliphatic heterocycles. The predicted octanol–water partition coefficient (Wildman–Crippen LogP) is 7.63. The highest BCUT2D eigenvalue weighted by atomic mass is 17.2.